The third-order valence-corrected chi connectivity index (χ3v) is 16.2. The first kappa shape index (κ1) is 32.6. The molecule has 0 unspecified atom stereocenters. The number of nitrogens with zero attached hydrogens (tertiary/aromatic N) is 5. The van der Waals surface area contributed by atoms with E-state index in [-0.39, 0.29) is 0 Å². The molecule has 0 aliphatic carbocycles. The number of fused-ring (bicyclic) bond motifs is 9. The van der Waals surface area contributed by atoms with Gasteiger partial charge in [0.15, 0.2) is 0 Å². The lowest BCUT2D eigenvalue weighted by molar-refractivity contribution is 0.671. The van der Waals surface area contributed by atoms with Crippen molar-refractivity contribution in [3.05, 3.63) is 200 Å². The van der Waals surface area contributed by atoms with E-state index in [4.69, 9.17) is 19.4 Å². The van der Waals surface area contributed by atoms with E-state index < -0.39 is 8.07 Å². The molecule has 0 spiro atoms. The third kappa shape index (κ3) is 4.62. The van der Waals surface area contributed by atoms with Crippen molar-refractivity contribution in [2.75, 3.05) is 0 Å². The van der Waals surface area contributed by atoms with Gasteiger partial charge in [-0.05, 0) is 40.7 Å². The molecule has 0 bridgehead atoms. The lowest BCUT2D eigenvalue weighted by atomic mass is 10.1. The normalized spacial score (nSPS) is 12.1. The molecule has 58 heavy (non-hydrogen) atoms. The summed E-state index contributed by atoms with van der Waals surface area (Å²) in [5.41, 5.74) is 6.52. The zero-order chi connectivity index (χ0) is 38.2. The van der Waals surface area contributed by atoms with Crippen molar-refractivity contribution in [3.8, 4) is 11.9 Å². The number of hydrogen-bond acceptors (Lipinski definition) is 4. The maximum Gasteiger partial charge on any atom is 0.239 e. The van der Waals surface area contributed by atoms with E-state index in [2.05, 4.69) is 203 Å². The van der Waals surface area contributed by atoms with Crippen LogP contribution in [0.3, 0.4) is 0 Å². The standard InChI is InChI=1S/C51H33N5OSi/c1-3-18-34(19-4-1)58(35-20-5-2-6-21-35,47-33-17-27-41-40-26-11-16-32-46(40)57-48(41)47)51-53-49(55-42-28-12-7-22-36(42)37-23-8-13-29-43(37)55)52-50(54-51)56-44-30-14-9-24-38(44)39-25-10-15-31-45(39)56/h1-33H. The first-order valence-electron chi connectivity index (χ1n) is 19.5. The predicted octanol–water partition coefficient (Wildman–Crippen LogP) is 9.34. The van der Waals surface area contributed by atoms with Crippen LogP contribution in [0.15, 0.2) is 205 Å². The van der Waals surface area contributed by atoms with Gasteiger partial charge in [0.2, 0.25) is 20.0 Å². The molecule has 4 aromatic heterocycles. The number of rotatable bonds is 6. The van der Waals surface area contributed by atoms with Gasteiger partial charge in [-0.25, -0.2) is 9.97 Å². The molecule has 0 amide bonds. The van der Waals surface area contributed by atoms with Crippen molar-refractivity contribution in [1.82, 2.24) is 24.1 Å². The Morgan fingerprint density at radius 3 is 1.22 bits per heavy atom. The summed E-state index contributed by atoms with van der Waals surface area (Å²) in [6.45, 7) is 0. The van der Waals surface area contributed by atoms with Crippen LogP contribution in [0.4, 0.5) is 0 Å². The lowest BCUT2D eigenvalue weighted by Crippen LogP contribution is -2.76. The minimum Gasteiger partial charge on any atom is -0.456 e. The van der Waals surface area contributed by atoms with Crippen LogP contribution in [0.2, 0.25) is 0 Å². The Balaban J connectivity index is 1.30. The monoisotopic (exact) mass is 759 g/mol. The smallest absolute Gasteiger partial charge is 0.239 e. The van der Waals surface area contributed by atoms with Crippen LogP contribution in [0, 0.1) is 0 Å². The van der Waals surface area contributed by atoms with Crippen LogP contribution in [-0.2, 0) is 0 Å². The van der Waals surface area contributed by atoms with Gasteiger partial charge in [-0.2, -0.15) is 4.98 Å². The van der Waals surface area contributed by atoms with E-state index in [1.807, 2.05) is 6.07 Å². The fraction of sp³-hybridized carbons (Fsp3) is 0. The highest BCUT2D eigenvalue weighted by molar-refractivity contribution is 7.20. The molecule has 0 atom stereocenters. The third-order valence-electron chi connectivity index (χ3n) is 11.7. The van der Waals surface area contributed by atoms with Gasteiger partial charge in [0.1, 0.15) is 16.6 Å². The van der Waals surface area contributed by atoms with Crippen LogP contribution in [0.1, 0.15) is 0 Å². The van der Waals surface area contributed by atoms with E-state index in [0.29, 0.717) is 17.3 Å². The molecular formula is C51H33N5OSi. The molecule has 0 radical (unpaired) electrons. The van der Waals surface area contributed by atoms with E-state index >= 15 is 0 Å². The van der Waals surface area contributed by atoms with Gasteiger partial charge in [0, 0.05) is 37.5 Å². The van der Waals surface area contributed by atoms with Crippen LogP contribution in [0.25, 0.3) is 77.4 Å². The number of furan rings is 1. The Kier molecular flexibility index (Phi) is 7.15. The van der Waals surface area contributed by atoms with Gasteiger partial charge in [-0.15, -0.1) is 0 Å². The van der Waals surface area contributed by atoms with Gasteiger partial charge < -0.3 is 4.42 Å². The number of hydrogen-bond donors (Lipinski definition) is 0. The molecule has 8 aromatic carbocycles. The molecule has 4 heterocycles. The van der Waals surface area contributed by atoms with Gasteiger partial charge in [-0.1, -0.05) is 170 Å². The van der Waals surface area contributed by atoms with Crippen molar-refractivity contribution in [2.24, 2.45) is 0 Å². The van der Waals surface area contributed by atoms with Gasteiger partial charge in [0.25, 0.3) is 0 Å². The summed E-state index contributed by atoms with van der Waals surface area (Å²) in [4.78, 5) is 17.0. The SMILES string of the molecule is c1ccc([Si](c2ccccc2)(c2nc(-n3c4ccccc4c4ccccc43)nc(-n3c4ccccc4c4ccccc43)n2)c2cccc3c2oc2ccccc23)cc1. The maximum absolute atomic E-state index is 6.94. The summed E-state index contributed by atoms with van der Waals surface area (Å²) >= 11 is 0. The molecule has 12 rings (SSSR count). The quantitative estimate of drug-likeness (QED) is 0.125. The highest BCUT2D eigenvalue weighted by Gasteiger charge is 2.47. The Morgan fingerprint density at radius 2 is 0.741 bits per heavy atom. The highest BCUT2D eigenvalue weighted by Crippen LogP contribution is 2.34. The zero-order valence-electron chi connectivity index (χ0n) is 31.2. The zero-order valence-corrected chi connectivity index (χ0v) is 32.2. The second-order valence-corrected chi connectivity index (χ2v) is 18.4. The van der Waals surface area contributed by atoms with E-state index in [1.165, 1.54) is 0 Å². The molecule has 0 fully saturated rings. The summed E-state index contributed by atoms with van der Waals surface area (Å²) in [5.74, 6) is 1.11. The predicted molar refractivity (Wildman–Crippen MR) is 239 cm³/mol. The Bertz CT molecular complexity index is 3250. The molecule has 0 saturated carbocycles. The number of aromatic nitrogens is 5. The maximum atomic E-state index is 6.94. The largest absolute Gasteiger partial charge is 0.456 e. The average molecular weight is 760 g/mol. The highest BCUT2D eigenvalue weighted by atomic mass is 28.3. The van der Waals surface area contributed by atoms with E-state index in [1.54, 1.807) is 0 Å². The van der Waals surface area contributed by atoms with Gasteiger partial charge in [-0.3, -0.25) is 9.13 Å². The molecule has 6 nitrogen and oxygen atoms in total. The van der Waals surface area contributed by atoms with Gasteiger partial charge >= 0.3 is 0 Å². The summed E-state index contributed by atoms with van der Waals surface area (Å²) in [6, 6.07) is 70.6. The second-order valence-electron chi connectivity index (χ2n) is 14.8. The Hall–Kier alpha value is -7.61. The van der Waals surface area contributed by atoms with Crippen molar-refractivity contribution >= 4 is 94.6 Å². The second kappa shape index (κ2) is 12.7. The molecule has 0 saturated heterocycles. The molecule has 0 aliphatic heterocycles. The van der Waals surface area contributed by atoms with Crippen molar-refractivity contribution in [2.45, 2.75) is 0 Å². The summed E-state index contributed by atoms with van der Waals surface area (Å²) in [7, 11) is -3.47. The van der Waals surface area contributed by atoms with Crippen LogP contribution >= 0.6 is 0 Å². The minimum absolute atomic E-state index is 0.555. The molecule has 0 aliphatic rings. The minimum atomic E-state index is -3.47. The molecule has 0 N–H and O–H groups in total. The van der Waals surface area contributed by atoms with Crippen LogP contribution in [0.5, 0.6) is 0 Å². The average Bonchev–Trinajstić information content (AvgIpc) is 3.96. The Labute approximate surface area is 333 Å². The number of benzene rings is 8. The molecular weight excluding hydrogens is 727 g/mol. The van der Waals surface area contributed by atoms with E-state index in [0.717, 1.165) is 81.1 Å². The fourth-order valence-corrected chi connectivity index (χ4v) is 13.8. The summed E-state index contributed by atoms with van der Waals surface area (Å²) < 4.78 is 11.4. The summed E-state index contributed by atoms with van der Waals surface area (Å²) in [5, 5.41) is 10.1. The van der Waals surface area contributed by atoms with Crippen LogP contribution in [-0.4, -0.2) is 32.2 Å². The lowest BCUT2D eigenvalue weighted by Gasteiger charge is -2.32. The van der Waals surface area contributed by atoms with E-state index in [9.17, 15) is 0 Å². The van der Waals surface area contributed by atoms with Crippen molar-refractivity contribution in [1.29, 1.82) is 0 Å². The molecule has 7 heteroatoms. The fourth-order valence-electron chi connectivity index (χ4n) is 9.27. The van der Waals surface area contributed by atoms with Crippen molar-refractivity contribution in [3.63, 3.8) is 0 Å². The van der Waals surface area contributed by atoms with Crippen LogP contribution < -0.4 is 21.0 Å². The van der Waals surface area contributed by atoms with Crippen molar-refractivity contribution < 1.29 is 4.42 Å². The first-order valence-corrected chi connectivity index (χ1v) is 21.5. The van der Waals surface area contributed by atoms with Gasteiger partial charge in [0.05, 0.1) is 22.1 Å². The topological polar surface area (TPSA) is 61.7 Å². The Morgan fingerprint density at radius 1 is 0.345 bits per heavy atom. The first-order chi connectivity index (χ1) is 28.8. The molecule has 272 valence electrons. The molecule has 12 aromatic rings. The number of para-hydroxylation sites is 6. The summed E-state index contributed by atoms with van der Waals surface area (Å²) in [6.07, 6.45) is 0.